The molecule has 0 amide bonds. The van der Waals surface area contributed by atoms with Gasteiger partial charge in [-0.1, -0.05) is 30.3 Å². The number of sulfonamides is 1. The summed E-state index contributed by atoms with van der Waals surface area (Å²) < 4.78 is 29.6. The number of hydrogen-bond donors (Lipinski definition) is 0. The molecule has 3 rings (SSSR count). The van der Waals surface area contributed by atoms with Crippen LogP contribution in [0.15, 0.2) is 58.0 Å². The smallest absolute Gasteiger partial charge is 0.243 e. The van der Waals surface area contributed by atoms with Crippen molar-refractivity contribution in [3.8, 4) is 0 Å². The molecule has 0 atom stereocenters. The fourth-order valence-corrected chi connectivity index (χ4v) is 4.12. The summed E-state index contributed by atoms with van der Waals surface area (Å²) in [6, 6.07) is 12.9. The van der Waals surface area contributed by atoms with Gasteiger partial charge in [0, 0.05) is 19.8 Å². The summed E-state index contributed by atoms with van der Waals surface area (Å²) in [6.45, 7) is 2.93. The molecule has 3 aromatic rings. The molecule has 1 heterocycles. The van der Waals surface area contributed by atoms with E-state index in [1.54, 1.807) is 23.9 Å². The van der Waals surface area contributed by atoms with Crippen molar-refractivity contribution in [3.05, 3.63) is 58.8 Å². The summed E-state index contributed by atoms with van der Waals surface area (Å²) in [7, 11) is -2.01. The van der Waals surface area contributed by atoms with E-state index in [0.717, 1.165) is 21.8 Å². The molecule has 24 heavy (non-hydrogen) atoms. The lowest BCUT2D eigenvalue weighted by molar-refractivity contribution is 0.458. The molecule has 7 heteroatoms. The summed E-state index contributed by atoms with van der Waals surface area (Å²) in [6.07, 6.45) is 1.85. The van der Waals surface area contributed by atoms with Crippen LogP contribution in [0, 0.1) is 0 Å². The van der Waals surface area contributed by atoms with Crippen LogP contribution in [-0.4, -0.2) is 29.6 Å². The van der Waals surface area contributed by atoms with E-state index < -0.39 is 10.0 Å². The van der Waals surface area contributed by atoms with Crippen molar-refractivity contribution >= 4 is 36.7 Å². The van der Waals surface area contributed by atoms with Crippen LogP contribution in [0.4, 0.5) is 0 Å². The zero-order chi connectivity index (χ0) is 17.3. The lowest BCUT2D eigenvalue weighted by Crippen LogP contribution is -2.27. The Morgan fingerprint density at radius 3 is 2.54 bits per heavy atom. The number of halogens is 1. The van der Waals surface area contributed by atoms with Crippen LogP contribution in [0.1, 0.15) is 12.6 Å². The zero-order valence-electron chi connectivity index (χ0n) is 13.5. The summed E-state index contributed by atoms with van der Waals surface area (Å²) in [5, 5.41) is 6.31. The fraction of sp³-hybridized carbons (Fsp3) is 0.235. The number of aromatic nitrogens is 2. The Hall–Kier alpha value is -1.70. The van der Waals surface area contributed by atoms with Gasteiger partial charge in [-0.25, -0.2) is 8.42 Å². The van der Waals surface area contributed by atoms with Crippen LogP contribution < -0.4 is 0 Å². The van der Waals surface area contributed by atoms with E-state index in [9.17, 15) is 8.42 Å². The maximum Gasteiger partial charge on any atom is 0.243 e. The summed E-state index contributed by atoms with van der Waals surface area (Å²) >= 11 is 3.44. The van der Waals surface area contributed by atoms with E-state index in [-0.39, 0.29) is 11.4 Å². The molecule has 0 radical (unpaired) electrons. The molecule has 5 nitrogen and oxygen atoms in total. The molecule has 0 fully saturated rings. The van der Waals surface area contributed by atoms with Gasteiger partial charge in [0.25, 0.3) is 0 Å². The van der Waals surface area contributed by atoms with Crippen molar-refractivity contribution in [1.29, 1.82) is 0 Å². The number of aryl methyl sites for hydroxylation is 1. The van der Waals surface area contributed by atoms with Gasteiger partial charge in [-0.05, 0) is 45.8 Å². The Kier molecular flexibility index (Phi) is 4.76. The number of hydrogen-bond acceptors (Lipinski definition) is 3. The summed E-state index contributed by atoms with van der Waals surface area (Å²) in [5.74, 6) is 0. The second-order valence-corrected chi connectivity index (χ2v) is 8.45. The second kappa shape index (κ2) is 6.66. The largest absolute Gasteiger partial charge is 0.272 e. The summed E-state index contributed by atoms with van der Waals surface area (Å²) in [5.41, 5.74) is 0.698. The van der Waals surface area contributed by atoms with Crippen molar-refractivity contribution < 1.29 is 8.42 Å². The third-order valence-corrected chi connectivity index (χ3v) is 6.37. The van der Waals surface area contributed by atoms with Gasteiger partial charge in [0.2, 0.25) is 10.0 Å². The molecule has 0 aliphatic carbocycles. The molecular weight excluding hydrogens is 390 g/mol. The molecule has 0 aliphatic rings. The molecule has 1 aromatic heterocycles. The molecule has 126 valence electrons. The van der Waals surface area contributed by atoms with Crippen molar-refractivity contribution in [3.63, 3.8) is 0 Å². The fourth-order valence-electron chi connectivity index (χ4n) is 2.51. The molecule has 0 bridgehead atoms. The highest BCUT2D eigenvalue weighted by Crippen LogP contribution is 2.23. The molecule has 0 saturated heterocycles. The monoisotopic (exact) mass is 407 g/mol. The van der Waals surface area contributed by atoms with Crippen molar-refractivity contribution in [2.75, 3.05) is 7.05 Å². The first-order chi connectivity index (χ1) is 11.4. The van der Waals surface area contributed by atoms with Crippen LogP contribution in [0.2, 0.25) is 0 Å². The number of nitrogens with zero attached hydrogens (tertiary/aromatic N) is 3. The first-order valence-corrected chi connectivity index (χ1v) is 9.82. The highest BCUT2D eigenvalue weighted by Gasteiger charge is 2.23. The van der Waals surface area contributed by atoms with Gasteiger partial charge in [0.15, 0.2) is 0 Å². The van der Waals surface area contributed by atoms with Gasteiger partial charge in [0.05, 0.1) is 21.6 Å². The van der Waals surface area contributed by atoms with Crippen LogP contribution >= 0.6 is 15.9 Å². The predicted octanol–water partition coefficient (Wildman–Crippen LogP) is 3.64. The number of rotatable bonds is 5. The van der Waals surface area contributed by atoms with Crippen molar-refractivity contribution in [2.24, 2.45) is 0 Å². The molecule has 0 unspecified atom stereocenters. The van der Waals surface area contributed by atoms with Gasteiger partial charge < -0.3 is 0 Å². The van der Waals surface area contributed by atoms with E-state index >= 15 is 0 Å². The van der Waals surface area contributed by atoms with Gasteiger partial charge in [-0.15, -0.1) is 0 Å². The van der Waals surface area contributed by atoms with Crippen molar-refractivity contribution in [1.82, 2.24) is 14.1 Å². The highest BCUT2D eigenvalue weighted by molar-refractivity contribution is 9.10. The standard InChI is InChI=1S/C17H18BrN3O2S/c1-3-21-11-16(18)17(19-21)12-20(2)24(22,23)15-9-8-13-6-4-5-7-14(13)10-15/h4-11H,3,12H2,1-2H3. The predicted molar refractivity (Wildman–Crippen MR) is 98.2 cm³/mol. The SMILES string of the molecule is CCn1cc(Br)c(CN(C)S(=O)(=O)c2ccc3ccccc3c2)n1. The van der Waals surface area contributed by atoms with E-state index in [2.05, 4.69) is 21.0 Å². The van der Waals surface area contributed by atoms with Gasteiger partial charge in [0.1, 0.15) is 0 Å². The van der Waals surface area contributed by atoms with Gasteiger partial charge in [-0.2, -0.15) is 9.40 Å². The average Bonchev–Trinajstić information content (AvgIpc) is 2.94. The molecule has 0 N–H and O–H groups in total. The Morgan fingerprint density at radius 2 is 1.88 bits per heavy atom. The first-order valence-electron chi connectivity index (χ1n) is 7.59. The Bertz CT molecular complexity index is 982. The van der Waals surface area contributed by atoms with Crippen LogP contribution in [-0.2, 0) is 23.1 Å². The first kappa shape index (κ1) is 17.1. The number of fused-ring (bicyclic) bond motifs is 1. The molecule has 0 aliphatic heterocycles. The quantitative estimate of drug-likeness (QED) is 0.648. The minimum absolute atomic E-state index is 0.211. The second-order valence-electron chi connectivity index (χ2n) is 5.55. The van der Waals surface area contributed by atoms with E-state index in [0.29, 0.717) is 5.69 Å². The lowest BCUT2D eigenvalue weighted by Gasteiger charge is -2.16. The van der Waals surface area contributed by atoms with Crippen LogP contribution in [0.3, 0.4) is 0 Å². The molecule has 0 saturated carbocycles. The van der Waals surface area contributed by atoms with Crippen LogP contribution in [0.5, 0.6) is 0 Å². The van der Waals surface area contributed by atoms with Gasteiger partial charge >= 0.3 is 0 Å². The Labute approximate surface area is 150 Å². The molecular formula is C17H18BrN3O2S. The van der Waals surface area contributed by atoms with E-state index in [4.69, 9.17) is 0 Å². The van der Waals surface area contributed by atoms with E-state index in [1.807, 2.05) is 43.5 Å². The topological polar surface area (TPSA) is 55.2 Å². The Morgan fingerprint density at radius 1 is 1.17 bits per heavy atom. The molecule has 2 aromatic carbocycles. The Balaban J connectivity index is 1.91. The minimum Gasteiger partial charge on any atom is -0.272 e. The van der Waals surface area contributed by atoms with Gasteiger partial charge in [-0.3, -0.25) is 4.68 Å². The summed E-state index contributed by atoms with van der Waals surface area (Å²) in [4.78, 5) is 0.287. The third-order valence-electron chi connectivity index (χ3n) is 3.91. The lowest BCUT2D eigenvalue weighted by atomic mass is 10.1. The molecule has 0 spiro atoms. The normalized spacial score (nSPS) is 12.2. The zero-order valence-corrected chi connectivity index (χ0v) is 15.9. The highest BCUT2D eigenvalue weighted by atomic mass is 79.9. The van der Waals surface area contributed by atoms with Crippen LogP contribution in [0.25, 0.3) is 10.8 Å². The third kappa shape index (κ3) is 3.24. The van der Waals surface area contributed by atoms with Crippen molar-refractivity contribution in [2.45, 2.75) is 24.9 Å². The van der Waals surface area contributed by atoms with E-state index in [1.165, 1.54) is 4.31 Å². The maximum absolute atomic E-state index is 12.8. The minimum atomic E-state index is -3.58. The average molecular weight is 408 g/mol. The maximum atomic E-state index is 12.8. The number of benzene rings is 2.